The van der Waals surface area contributed by atoms with E-state index in [1.807, 2.05) is 67.6 Å². The lowest BCUT2D eigenvalue weighted by Crippen LogP contribution is -2.37. The van der Waals surface area contributed by atoms with Gasteiger partial charge in [-0.1, -0.05) is 48.5 Å². The Bertz CT molecular complexity index is 511. The maximum Gasteiger partial charge on any atom is 0.242 e. The number of hydrogen-bond acceptors (Lipinski definition) is 2. The van der Waals surface area contributed by atoms with Gasteiger partial charge in [0.1, 0.15) is 6.04 Å². The average molecular weight is 254 g/mol. The van der Waals surface area contributed by atoms with Gasteiger partial charge in [0.15, 0.2) is 0 Å². The monoisotopic (exact) mass is 254 g/mol. The summed E-state index contributed by atoms with van der Waals surface area (Å²) >= 11 is 0. The number of rotatable bonds is 5. The molecule has 2 aromatic rings. The van der Waals surface area contributed by atoms with E-state index in [2.05, 4.69) is 10.6 Å². The first-order chi connectivity index (χ1) is 9.25. The minimum atomic E-state index is -0.258. The molecule has 0 fully saturated rings. The molecular weight excluding hydrogens is 236 g/mol. The van der Waals surface area contributed by atoms with Crippen LogP contribution in [0.3, 0.4) is 0 Å². The van der Waals surface area contributed by atoms with E-state index < -0.39 is 0 Å². The number of benzene rings is 2. The molecule has 0 aromatic heterocycles. The third kappa shape index (κ3) is 4.14. The third-order valence-electron chi connectivity index (χ3n) is 2.86. The molecule has 0 saturated carbocycles. The standard InChI is InChI=1S/C16H18N2O/c1-13(18-15-10-6-3-7-11-15)16(19)17-12-14-8-4-2-5-9-14/h2-11,13,18H,12H2,1H3,(H,17,19)/t13-/m0/s1. The quantitative estimate of drug-likeness (QED) is 0.861. The van der Waals surface area contributed by atoms with Crippen LogP contribution in [0.2, 0.25) is 0 Å². The fourth-order valence-electron chi connectivity index (χ4n) is 1.79. The minimum absolute atomic E-state index is 0.00675. The Morgan fingerprint density at radius 3 is 2.21 bits per heavy atom. The molecule has 2 rings (SSSR count). The fraction of sp³-hybridized carbons (Fsp3) is 0.188. The largest absolute Gasteiger partial charge is 0.374 e. The van der Waals surface area contributed by atoms with Crippen LogP contribution in [-0.2, 0) is 11.3 Å². The van der Waals surface area contributed by atoms with Crippen LogP contribution < -0.4 is 10.6 Å². The Kier molecular flexibility index (Phi) is 4.56. The number of nitrogens with one attached hydrogen (secondary N) is 2. The molecule has 0 aliphatic heterocycles. The SMILES string of the molecule is C[C@H](Nc1ccccc1)C(=O)NCc1ccccc1. The molecular formula is C16H18N2O. The lowest BCUT2D eigenvalue weighted by molar-refractivity contribution is -0.121. The number of anilines is 1. The van der Waals surface area contributed by atoms with Gasteiger partial charge in [-0.05, 0) is 24.6 Å². The van der Waals surface area contributed by atoms with Crippen molar-refractivity contribution in [3.05, 3.63) is 66.2 Å². The molecule has 3 nitrogen and oxygen atoms in total. The van der Waals surface area contributed by atoms with Gasteiger partial charge >= 0.3 is 0 Å². The van der Waals surface area contributed by atoms with Crippen molar-refractivity contribution >= 4 is 11.6 Å². The van der Waals surface area contributed by atoms with E-state index in [1.54, 1.807) is 0 Å². The second kappa shape index (κ2) is 6.59. The summed E-state index contributed by atoms with van der Waals surface area (Å²) in [5.41, 5.74) is 2.05. The highest BCUT2D eigenvalue weighted by Gasteiger charge is 2.11. The van der Waals surface area contributed by atoms with Crippen molar-refractivity contribution in [3.8, 4) is 0 Å². The van der Waals surface area contributed by atoms with Crippen LogP contribution in [0.15, 0.2) is 60.7 Å². The lowest BCUT2D eigenvalue weighted by atomic mass is 10.2. The summed E-state index contributed by atoms with van der Waals surface area (Å²) in [7, 11) is 0. The summed E-state index contributed by atoms with van der Waals surface area (Å²) in [5.74, 6) is -0.00675. The zero-order chi connectivity index (χ0) is 13.5. The van der Waals surface area contributed by atoms with E-state index in [4.69, 9.17) is 0 Å². The van der Waals surface area contributed by atoms with E-state index in [0.717, 1.165) is 11.3 Å². The van der Waals surface area contributed by atoms with Crippen LogP contribution in [0.25, 0.3) is 0 Å². The van der Waals surface area contributed by atoms with Gasteiger partial charge in [0.05, 0.1) is 0 Å². The Labute approximate surface area is 113 Å². The van der Waals surface area contributed by atoms with Crippen LogP contribution in [-0.4, -0.2) is 11.9 Å². The number of carbonyl (C=O) groups is 1. The molecule has 0 radical (unpaired) electrons. The predicted octanol–water partition coefficient (Wildman–Crippen LogP) is 2.80. The molecule has 1 amide bonds. The van der Waals surface area contributed by atoms with Crippen molar-refractivity contribution < 1.29 is 4.79 Å². The molecule has 0 bridgehead atoms. The molecule has 2 N–H and O–H groups in total. The topological polar surface area (TPSA) is 41.1 Å². The lowest BCUT2D eigenvalue weighted by Gasteiger charge is -2.15. The highest BCUT2D eigenvalue weighted by molar-refractivity contribution is 5.84. The summed E-state index contributed by atoms with van der Waals surface area (Å²) < 4.78 is 0. The van der Waals surface area contributed by atoms with Crippen molar-refractivity contribution in [2.45, 2.75) is 19.5 Å². The van der Waals surface area contributed by atoms with Gasteiger partial charge in [-0.3, -0.25) is 4.79 Å². The van der Waals surface area contributed by atoms with Crippen LogP contribution in [0, 0.1) is 0 Å². The Hall–Kier alpha value is -2.29. The van der Waals surface area contributed by atoms with Crippen molar-refractivity contribution in [1.82, 2.24) is 5.32 Å². The van der Waals surface area contributed by atoms with Gasteiger partial charge in [-0.2, -0.15) is 0 Å². The minimum Gasteiger partial charge on any atom is -0.374 e. The zero-order valence-corrected chi connectivity index (χ0v) is 11.0. The summed E-state index contributed by atoms with van der Waals surface area (Å²) in [4.78, 5) is 11.9. The van der Waals surface area contributed by atoms with Crippen LogP contribution in [0.4, 0.5) is 5.69 Å². The van der Waals surface area contributed by atoms with E-state index in [0.29, 0.717) is 6.54 Å². The molecule has 0 spiro atoms. The van der Waals surface area contributed by atoms with Crippen molar-refractivity contribution in [3.63, 3.8) is 0 Å². The molecule has 0 aliphatic carbocycles. The Morgan fingerprint density at radius 1 is 1.00 bits per heavy atom. The van der Waals surface area contributed by atoms with Crippen molar-refractivity contribution in [1.29, 1.82) is 0 Å². The molecule has 2 aromatic carbocycles. The first kappa shape index (κ1) is 13.1. The molecule has 0 unspecified atom stereocenters. The third-order valence-corrected chi connectivity index (χ3v) is 2.86. The highest BCUT2D eigenvalue weighted by atomic mass is 16.2. The summed E-state index contributed by atoms with van der Waals surface area (Å²) in [6, 6.07) is 19.4. The second-order valence-corrected chi connectivity index (χ2v) is 4.44. The van der Waals surface area contributed by atoms with Gasteiger partial charge in [-0.25, -0.2) is 0 Å². The van der Waals surface area contributed by atoms with Crippen molar-refractivity contribution in [2.24, 2.45) is 0 Å². The second-order valence-electron chi connectivity index (χ2n) is 4.44. The number of amides is 1. The molecule has 98 valence electrons. The first-order valence-electron chi connectivity index (χ1n) is 6.39. The van der Waals surface area contributed by atoms with Crippen LogP contribution in [0.1, 0.15) is 12.5 Å². The van der Waals surface area contributed by atoms with Crippen molar-refractivity contribution in [2.75, 3.05) is 5.32 Å². The van der Waals surface area contributed by atoms with Gasteiger partial charge in [0.25, 0.3) is 0 Å². The van der Waals surface area contributed by atoms with E-state index >= 15 is 0 Å². The number of para-hydroxylation sites is 1. The molecule has 19 heavy (non-hydrogen) atoms. The van der Waals surface area contributed by atoms with Gasteiger partial charge in [0, 0.05) is 12.2 Å². The van der Waals surface area contributed by atoms with E-state index in [1.165, 1.54) is 0 Å². The molecule has 0 heterocycles. The molecule has 0 saturated heterocycles. The maximum absolute atomic E-state index is 11.9. The normalized spacial score (nSPS) is 11.6. The van der Waals surface area contributed by atoms with Gasteiger partial charge in [0.2, 0.25) is 5.91 Å². The average Bonchev–Trinajstić information content (AvgIpc) is 2.47. The van der Waals surface area contributed by atoms with Crippen LogP contribution in [0.5, 0.6) is 0 Å². The number of carbonyl (C=O) groups excluding carboxylic acids is 1. The van der Waals surface area contributed by atoms with Crippen LogP contribution >= 0.6 is 0 Å². The smallest absolute Gasteiger partial charge is 0.242 e. The summed E-state index contributed by atoms with van der Waals surface area (Å²) in [6.45, 7) is 2.41. The van der Waals surface area contributed by atoms with Gasteiger partial charge < -0.3 is 10.6 Å². The first-order valence-corrected chi connectivity index (χ1v) is 6.39. The fourth-order valence-corrected chi connectivity index (χ4v) is 1.79. The molecule has 0 aliphatic rings. The predicted molar refractivity (Wildman–Crippen MR) is 77.8 cm³/mol. The van der Waals surface area contributed by atoms with Gasteiger partial charge in [-0.15, -0.1) is 0 Å². The summed E-state index contributed by atoms with van der Waals surface area (Å²) in [5, 5.41) is 6.08. The van der Waals surface area contributed by atoms with E-state index in [-0.39, 0.29) is 11.9 Å². The Morgan fingerprint density at radius 2 is 1.58 bits per heavy atom. The number of hydrogen-bond donors (Lipinski definition) is 2. The summed E-state index contributed by atoms with van der Waals surface area (Å²) in [6.07, 6.45) is 0. The van der Waals surface area contributed by atoms with E-state index in [9.17, 15) is 4.79 Å². The molecule has 3 heteroatoms. The molecule has 1 atom stereocenters. The zero-order valence-electron chi connectivity index (χ0n) is 11.0. The maximum atomic E-state index is 11.9. The Balaban J connectivity index is 1.83. The highest BCUT2D eigenvalue weighted by Crippen LogP contribution is 2.07.